The van der Waals surface area contributed by atoms with Crippen molar-refractivity contribution in [1.82, 2.24) is 5.32 Å². The summed E-state index contributed by atoms with van der Waals surface area (Å²) in [5.74, 6) is 0. The van der Waals surface area contributed by atoms with Crippen LogP contribution in [0, 0.1) is 0 Å². The summed E-state index contributed by atoms with van der Waals surface area (Å²) >= 11 is 0. The van der Waals surface area contributed by atoms with E-state index in [4.69, 9.17) is 4.74 Å². The predicted molar refractivity (Wildman–Crippen MR) is 56.0 cm³/mol. The Morgan fingerprint density at radius 2 is 2.31 bits per heavy atom. The quantitative estimate of drug-likeness (QED) is 0.686. The van der Waals surface area contributed by atoms with Gasteiger partial charge in [0.1, 0.15) is 0 Å². The second kappa shape index (κ2) is 6.39. The van der Waals surface area contributed by atoms with E-state index in [0.29, 0.717) is 12.1 Å². The molecule has 2 atom stereocenters. The highest BCUT2D eigenvalue weighted by atomic mass is 16.5. The highest BCUT2D eigenvalue weighted by molar-refractivity contribution is 4.71. The Morgan fingerprint density at radius 1 is 1.46 bits per heavy atom. The molecule has 0 spiro atoms. The van der Waals surface area contributed by atoms with E-state index in [9.17, 15) is 0 Å². The molecule has 1 heterocycles. The minimum atomic E-state index is 0.492. The molecule has 1 fully saturated rings. The van der Waals surface area contributed by atoms with Gasteiger partial charge < -0.3 is 10.1 Å². The molecule has 78 valence electrons. The first kappa shape index (κ1) is 11.0. The minimum Gasteiger partial charge on any atom is -0.377 e. The zero-order chi connectivity index (χ0) is 9.52. The van der Waals surface area contributed by atoms with E-state index in [2.05, 4.69) is 19.2 Å². The van der Waals surface area contributed by atoms with Crippen molar-refractivity contribution in [2.24, 2.45) is 0 Å². The molecule has 2 nitrogen and oxygen atoms in total. The lowest BCUT2D eigenvalue weighted by Crippen LogP contribution is -2.34. The molecule has 0 amide bonds. The highest BCUT2D eigenvalue weighted by Gasteiger charge is 2.16. The zero-order valence-corrected chi connectivity index (χ0v) is 9.01. The van der Waals surface area contributed by atoms with Gasteiger partial charge >= 0.3 is 0 Å². The number of hydrogen-bond acceptors (Lipinski definition) is 2. The molecule has 0 aromatic carbocycles. The number of ether oxygens (including phenoxy) is 1. The molecule has 1 rings (SSSR count). The van der Waals surface area contributed by atoms with E-state index >= 15 is 0 Å². The van der Waals surface area contributed by atoms with E-state index in [0.717, 1.165) is 13.2 Å². The summed E-state index contributed by atoms with van der Waals surface area (Å²) < 4.78 is 5.56. The van der Waals surface area contributed by atoms with Crippen molar-refractivity contribution in [2.75, 3.05) is 13.2 Å². The molecule has 2 unspecified atom stereocenters. The maximum atomic E-state index is 5.56. The van der Waals surface area contributed by atoms with Crippen LogP contribution < -0.4 is 5.32 Å². The van der Waals surface area contributed by atoms with Crippen LogP contribution in [0.25, 0.3) is 0 Å². The Bertz CT molecular complexity index is 121. The summed E-state index contributed by atoms with van der Waals surface area (Å²) in [5.41, 5.74) is 0. The molecule has 1 aliphatic heterocycles. The van der Waals surface area contributed by atoms with Crippen molar-refractivity contribution >= 4 is 0 Å². The molecular weight excluding hydrogens is 162 g/mol. The molecule has 1 aliphatic rings. The van der Waals surface area contributed by atoms with Crippen LogP contribution in [0.1, 0.15) is 46.0 Å². The Kier molecular flexibility index (Phi) is 5.40. The summed E-state index contributed by atoms with van der Waals surface area (Å²) in [7, 11) is 0. The lowest BCUT2D eigenvalue weighted by atomic mass is 10.1. The third-order valence-electron chi connectivity index (χ3n) is 2.79. The lowest BCUT2D eigenvalue weighted by Gasteiger charge is -2.18. The summed E-state index contributed by atoms with van der Waals surface area (Å²) in [4.78, 5) is 0. The summed E-state index contributed by atoms with van der Waals surface area (Å²) in [5, 5.41) is 3.59. The van der Waals surface area contributed by atoms with Crippen LogP contribution in [-0.4, -0.2) is 25.3 Å². The third kappa shape index (κ3) is 4.10. The second-order valence-electron chi connectivity index (χ2n) is 3.94. The van der Waals surface area contributed by atoms with Gasteiger partial charge in [-0.25, -0.2) is 0 Å². The van der Waals surface area contributed by atoms with Gasteiger partial charge in [-0.05, 0) is 25.7 Å². The van der Waals surface area contributed by atoms with Crippen LogP contribution in [0.4, 0.5) is 0 Å². The van der Waals surface area contributed by atoms with Gasteiger partial charge in [-0.3, -0.25) is 0 Å². The molecule has 0 saturated carbocycles. The fourth-order valence-corrected chi connectivity index (χ4v) is 1.90. The van der Waals surface area contributed by atoms with Crippen molar-refractivity contribution in [1.29, 1.82) is 0 Å². The SMILES string of the molecule is CCCC(CC)NCC1CCCO1. The van der Waals surface area contributed by atoms with E-state index in [1.165, 1.54) is 32.1 Å². The second-order valence-corrected chi connectivity index (χ2v) is 3.94. The van der Waals surface area contributed by atoms with Crippen LogP contribution in [0.2, 0.25) is 0 Å². The van der Waals surface area contributed by atoms with Crippen LogP contribution >= 0.6 is 0 Å². The molecular formula is C11H23NO. The van der Waals surface area contributed by atoms with Crippen LogP contribution in [0.5, 0.6) is 0 Å². The normalized spacial score (nSPS) is 24.9. The first-order valence-corrected chi connectivity index (χ1v) is 5.71. The van der Waals surface area contributed by atoms with Gasteiger partial charge in [0.05, 0.1) is 6.10 Å². The monoisotopic (exact) mass is 185 g/mol. The molecule has 0 bridgehead atoms. The van der Waals surface area contributed by atoms with Crippen molar-refractivity contribution in [3.63, 3.8) is 0 Å². The Morgan fingerprint density at radius 3 is 2.85 bits per heavy atom. The highest BCUT2D eigenvalue weighted by Crippen LogP contribution is 2.11. The maximum absolute atomic E-state index is 5.56. The van der Waals surface area contributed by atoms with Crippen molar-refractivity contribution in [3.05, 3.63) is 0 Å². The van der Waals surface area contributed by atoms with E-state index in [1.807, 2.05) is 0 Å². The average molecular weight is 185 g/mol. The molecule has 2 heteroatoms. The summed E-state index contributed by atoms with van der Waals surface area (Å²) in [6.07, 6.45) is 6.79. The topological polar surface area (TPSA) is 21.3 Å². The fourth-order valence-electron chi connectivity index (χ4n) is 1.90. The van der Waals surface area contributed by atoms with Gasteiger partial charge in [0.15, 0.2) is 0 Å². The average Bonchev–Trinajstić information content (AvgIpc) is 2.64. The molecule has 1 N–H and O–H groups in total. The van der Waals surface area contributed by atoms with E-state index in [1.54, 1.807) is 0 Å². The summed E-state index contributed by atoms with van der Waals surface area (Å²) in [6.45, 7) is 6.52. The first-order chi connectivity index (χ1) is 6.36. The summed E-state index contributed by atoms with van der Waals surface area (Å²) in [6, 6.07) is 0.703. The lowest BCUT2D eigenvalue weighted by molar-refractivity contribution is 0.107. The van der Waals surface area contributed by atoms with Gasteiger partial charge in [-0.2, -0.15) is 0 Å². The minimum absolute atomic E-state index is 0.492. The number of nitrogens with one attached hydrogen (secondary N) is 1. The van der Waals surface area contributed by atoms with Crippen LogP contribution in [-0.2, 0) is 4.74 Å². The van der Waals surface area contributed by atoms with Crippen LogP contribution in [0.15, 0.2) is 0 Å². The van der Waals surface area contributed by atoms with Crippen LogP contribution in [0.3, 0.4) is 0 Å². The standard InChI is InChI=1S/C11H23NO/c1-3-6-10(4-2)12-9-11-7-5-8-13-11/h10-12H,3-9H2,1-2H3. The molecule has 0 aliphatic carbocycles. The van der Waals surface area contributed by atoms with Gasteiger partial charge in [-0.15, -0.1) is 0 Å². The smallest absolute Gasteiger partial charge is 0.0700 e. The van der Waals surface area contributed by atoms with Crippen molar-refractivity contribution < 1.29 is 4.74 Å². The van der Waals surface area contributed by atoms with Gasteiger partial charge in [0.25, 0.3) is 0 Å². The first-order valence-electron chi connectivity index (χ1n) is 5.71. The van der Waals surface area contributed by atoms with E-state index < -0.39 is 0 Å². The third-order valence-corrected chi connectivity index (χ3v) is 2.79. The molecule has 0 radical (unpaired) electrons. The maximum Gasteiger partial charge on any atom is 0.0700 e. The van der Waals surface area contributed by atoms with E-state index in [-0.39, 0.29) is 0 Å². The van der Waals surface area contributed by atoms with Gasteiger partial charge in [-0.1, -0.05) is 20.3 Å². The predicted octanol–water partition coefficient (Wildman–Crippen LogP) is 2.33. The molecule has 13 heavy (non-hydrogen) atoms. The largest absolute Gasteiger partial charge is 0.377 e. The number of rotatable bonds is 6. The van der Waals surface area contributed by atoms with Crippen molar-refractivity contribution in [2.45, 2.75) is 58.1 Å². The number of hydrogen-bond donors (Lipinski definition) is 1. The fraction of sp³-hybridized carbons (Fsp3) is 1.00. The Labute approximate surface area is 82.0 Å². The van der Waals surface area contributed by atoms with Crippen molar-refractivity contribution in [3.8, 4) is 0 Å². The zero-order valence-electron chi connectivity index (χ0n) is 9.01. The molecule has 0 aromatic heterocycles. The van der Waals surface area contributed by atoms with Gasteiger partial charge in [0, 0.05) is 19.2 Å². The molecule has 0 aromatic rings. The Hall–Kier alpha value is -0.0800. The van der Waals surface area contributed by atoms with Gasteiger partial charge in [0.2, 0.25) is 0 Å². The molecule has 1 saturated heterocycles. The Balaban J connectivity index is 2.07.